The highest BCUT2D eigenvalue weighted by atomic mass is 127. The Hall–Kier alpha value is -2.33. The molecule has 0 aliphatic carbocycles. The van der Waals surface area contributed by atoms with Crippen molar-refractivity contribution < 1.29 is 19.1 Å². The molecule has 2 aromatic carbocycles. The van der Waals surface area contributed by atoms with E-state index in [4.69, 9.17) is 4.74 Å². The number of nitrogens with zero attached hydrogens (tertiary/aromatic N) is 1. The van der Waals surface area contributed by atoms with Crippen LogP contribution in [0.2, 0.25) is 0 Å². The molecule has 3 rings (SSSR count). The van der Waals surface area contributed by atoms with Crippen molar-refractivity contribution >= 4 is 63.2 Å². The molecule has 1 fully saturated rings. The number of hydrogen-bond acceptors (Lipinski definition) is 5. The molecule has 0 aromatic heterocycles. The van der Waals surface area contributed by atoms with Crippen LogP contribution in [0.4, 0.5) is 10.5 Å². The number of benzene rings is 2. The Kier molecular flexibility index (Phi) is 7.32. The van der Waals surface area contributed by atoms with E-state index in [0.29, 0.717) is 18.0 Å². The van der Waals surface area contributed by atoms with E-state index in [1.807, 2.05) is 43.3 Å². The lowest BCUT2D eigenvalue weighted by atomic mass is 10.2. The molecule has 0 atom stereocenters. The van der Waals surface area contributed by atoms with E-state index in [1.165, 1.54) is 0 Å². The molecule has 0 spiro atoms. The number of nitrogens with one attached hydrogen (secondary N) is 1. The van der Waals surface area contributed by atoms with Crippen molar-refractivity contribution in [3.63, 3.8) is 0 Å². The molecular formula is C21H19IN2O4S. The summed E-state index contributed by atoms with van der Waals surface area (Å²) in [6.45, 7) is 2.24. The predicted molar refractivity (Wildman–Crippen MR) is 123 cm³/mol. The van der Waals surface area contributed by atoms with E-state index < -0.39 is 17.1 Å². The number of ether oxygens (including phenoxy) is 1. The first-order valence-corrected chi connectivity index (χ1v) is 10.9. The van der Waals surface area contributed by atoms with Crippen molar-refractivity contribution in [1.82, 2.24) is 4.90 Å². The van der Waals surface area contributed by atoms with Crippen LogP contribution >= 0.6 is 34.4 Å². The Labute approximate surface area is 186 Å². The number of hydrogen-bond donors (Lipinski definition) is 1. The molecule has 8 heteroatoms. The first-order valence-electron chi connectivity index (χ1n) is 9.00. The van der Waals surface area contributed by atoms with Gasteiger partial charge in [-0.15, -0.1) is 0 Å². The largest absolute Gasteiger partial charge is 0.493 e. The van der Waals surface area contributed by atoms with Crippen molar-refractivity contribution in [2.24, 2.45) is 0 Å². The molecule has 2 aromatic rings. The summed E-state index contributed by atoms with van der Waals surface area (Å²) in [5, 5.41) is 2.23. The minimum Gasteiger partial charge on any atom is -0.493 e. The average molecular weight is 522 g/mol. The Bertz CT molecular complexity index is 959. The Morgan fingerprint density at radius 1 is 1.17 bits per heavy atom. The minimum atomic E-state index is -0.483. The molecule has 150 valence electrons. The van der Waals surface area contributed by atoms with Gasteiger partial charge in [-0.3, -0.25) is 19.3 Å². The van der Waals surface area contributed by atoms with Gasteiger partial charge in [-0.1, -0.05) is 25.1 Å². The van der Waals surface area contributed by atoms with Gasteiger partial charge in [0.2, 0.25) is 5.91 Å². The smallest absolute Gasteiger partial charge is 0.294 e. The molecule has 6 nitrogen and oxygen atoms in total. The SMILES string of the molecule is CCCOc1ccccc1/C=C1/SC(=O)N(CC(=O)Nc2ccc(I)cc2)C1=O. The van der Waals surface area contributed by atoms with Crippen LogP contribution in [-0.2, 0) is 9.59 Å². The van der Waals surface area contributed by atoms with Crippen LogP contribution in [0.25, 0.3) is 6.08 Å². The number of para-hydroxylation sites is 1. The zero-order valence-electron chi connectivity index (χ0n) is 15.7. The number of carbonyl (C=O) groups excluding carboxylic acids is 3. The maximum Gasteiger partial charge on any atom is 0.294 e. The zero-order valence-corrected chi connectivity index (χ0v) is 18.7. The van der Waals surface area contributed by atoms with E-state index in [9.17, 15) is 14.4 Å². The van der Waals surface area contributed by atoms with E-state index in [0.717, 1.165) is 32.2 Å². The van der Waals surface area contributed by atoms with E-state index >= 15 is 0 Å². The van der Waals surface area contributed by atoms with Crippen molar-refractivity contribution in [1.29, 1.82) is 0 Å². The minimum absolute atomic E-state index is 0.268. The molecule has 0 saturated carbocycles. The summed E-state index contributed by atoms with van der Waals surface area (Å²) in [4.78, 5) is 38.5. The lowest BCUT2D eigenvalue weighted by Gasteiger charge is -2.12. The Morgan fingerprint density at radius 3 is 2.62 bits per heavy atom. The summed E-state index contributed by atoms with van der Waals surface area (Å²) in [5.41, 5.74) is 1.33. The van der Waals surface area contributed by atoms with E-state index in [-0.39, 0.29) is 11.4 Å². The first-order chi connectivity index (χ1) is 14.0. The van der Waals surface area contributed by atoms with Crippen LogP contribution in [-0.4, -0.2) is 35.1 Å². The fourth-order valence-corrected chi connectivity index (χ4v) is 3.79. The van der Waals surface area contributed by atoms with Gasteiger partial charge in [-0.2, -0.15) is 0 Å². The third-order valence-corrected chi connectivity index (χ3v) is 5.60. The summed E-state index contributed by atoms with van der Waals surface area (Å²) in [6.07, 6.45) is 2.49. The molecule has 1 aliphatic heterocycles. The van der Waals surface area contributed by atoms with Crippen LogP contribution < -0.4 is 10.1 Å². The molecular weight excluding hydrogens is 503 g/mol. The van der Waals surface area contributed by atoms with Gasteiger partial charge in [0.1, 0.15) is 12.3 Å². The normalized spacial score (nSPS) is 15.1. The van der Waals surface area contributed by atoms with Crippen molar-refractivity contribution in [2.45, 2.75) is 13.3 Å². The second kappa shape index (κ2) is 9.93. The molecule has 0 unspecified atom stereocenters. The van der Waals surface area contributed by atoms with Crippen molar-refractivity contribution in [3.05, 3.63) is 62.6 Å². The van der Waals surface area contributed by atoms with E-state index in [2.05, 4.69) is 27.9 Å². The molecule has 1 heterocycles. The fourth-order valence-electron chi connectivity index (χ4n) is 2.60. The Morgan fingerprint density at radius 2 is 1.90 bits per heavy atom. The molecule has 3 amide bonds. The zero-order chi connectivity index (χ0) is 20.8. The quantitative estimate of drug-likeness (QED) is 0.420. The number of anilines is 1. The van der Waals surface area contributed by atoms with Gasteiger partial charge in [0, 0.05) is 14.8 Å². The average Bonchev–Trinajstić information content (AvgIpc) is 2.96. The van der Waals surface area contributed by atoms with Gasteiger partial charge in [0.25, 0.3) is 11.1 Å². The third-order valence-electron chi connectivity index (χ3n) is 3.97. The van der Waals surface area contributed by atoms with Crippen molar-refractivity contribution in [2.75, 3.05) is 18.5 Å². The molecule has 1 N–H and O–H groups in total. The van der Waals surface area contributed by atoms with Gasteiger partial charge >= 0.3 is 0 Å². The highest BCUT2D eigenvalue weighted by Gasteiger charge is 2.36. The lowest BCUT2D eigenvalue weighted by molar-refractivity contribution is -0.127. The second-order valence-corrected chi connectivity index (χ2v) is 8.45. The van der Waals surface area contributed by atoms with Gasteiger partial charge in [0.15, 0.2) is 0 Å². The van der Waals surface area contributed by atoms with Crippen LogP contribution in [0.15, 0.2) is 53.4 Å². The van der Waals surface area contributed by atoms with E-state index in [1.54, 1.807) is 18.2 Å². The number of thioether (sulfide) groups is 1. The van der Waals surface area contributed by atoms with Crippen LogP contribution in [0.3, 0.4) is 0 Å². The lowest BCUT2D eigenvalue weighted by Crippen LogP contribution is -2.36. The Balaban J connectivity index is 1.70. The fraction of sp³-hybridized carbons (Fsp3) is 0.190. The van der Waals surface area contributed by atoms with Crippen LogP contribution in [0, 0.1) is 3.57 Å². The topological polar surface area (TPSA) is 75.7 Å². The first kappa shape index (κ1) is 21.4. The summed E-state index contributed by atoms with van der Waals surface area (Å²) in [6, 6.07) is 14.6. The van der Waals surface area contributed by atoms with Crippen LogP contribution in [0.5, 0.6) is 5.75 Å². The standard InChI is InChI=1S/C21H19IN2O4S/c1-2-11-28-17-6-4-3-5-14(17)12-18-20(26)24(21(27)29-18)13-19(25)23-16-9-7-15(22)8-10-16/h3-10,12H,2,11,13H2,1H3,(H,23,25)/b18-12+. The van der Waals surface area contributed by atoms with Crippen molar-refractivity contribution in [3.8, 4) is 5.75 Å². The summed E-state index contributed by atoms with van der Waals surface area (Å²) in [5.74, 6) is -0.262. The summed E-state index contributed by atoms with van der Waals surface area (Å²) >= 11 is 2.99. The summed E-state index contributed by atoms with van der Waals surface area (Å²) in [7, 11) is 0. The number of rotatable bonds is 7. The number of halogens is 1. The number of imide groups is 1. The maximum atomic E-state index is 12.7. The monoisotopic (exact) mass is 522 g/mol. The second-order valence-electron chi connectivity index (χ2n) is 6.21. The highest BCUT2D eigenvalue weighted by molar-refractivity contribution is 14.1. The predicted octanol–water partition coefficient (Wildman–Crippen LogP) is 4.76. The van der Waals surface area contributed by atoms with Gasteiger partial charge < -0.3 is 10.1 Å². The van der Waals surface area contributed by atoms with Gasteiger partial charge in [-0.05, 0) is 77.2 Å². The van der Waals surface area contributed by atoms with Gasteiger partial charge in [0.05, 0.1) is 11.5 Å². The third kappa shape index (κ3) is 5.60. The molecule has 0 radical (unpaired) electrons. The maximum absolute atomic E-state index is 12.7. The molecule has 0 bridgehead atoms. The highest BCUT2D eigenvalue weighted by Crippen LogP contribution is 2.34. The number of carbonyl (C=O) groups is 3. The van der Waals surface area contributed by atoms with Crippen LogP contribution in [0.1, 0.15) is 18.9 Å². The molecule has 1 aliphatic rings. The number of amides is 3. The molecule has 1 saturated heterocycles. The van der Waals surface area contributed by atoms with Gasteiger partial charge in [-0.25, -0.2) is 0 Å². The summed E-state index contributed by atoms with van der Waals surface area (Å²) < 4.78 is 6.74. The molecule has 29 heavy (non-hydrogen) atoms.